The van der Waals surface area contributed by atoms with Gasteiger partial charge in [0.25, 0.3) is 0 Å². The van der Waals surface area contributed by atoms with Gasteiger partial charge in [0.1, 0.15) is 11.5 Å². The lowest BCUT2D eigenvalue weighted by atomic mass is 10.2. The maximum Gasteiger partial charge on any atom is 0.238 e. The molecule has 0 radical (unpaired) electrons. The Bertz CT molecular complexity index is 688. The predicted molar refractivity (Wildman–Crippen MR) is 96.0 cm³/mol. The highest BCUT2D eigenvalue weighted by Gasteiger charge is 2.28. The summed E-state index contributed by atoms with van der Waals surface area (Å²) in [6.45, 7) is 1.33. The van der Waals surface area contributed by atoms with Crippen LogP contribution in [0.3, 0.4) is 0 Å². The summed E-state index contributed by atoms with van der Waals surface area (Å²) in [6.07, 6.45) is 2.23. The second kappa shape index (κ2) is 7.68. The summed E-state index contributed by atoms with van der Waals surface area (Å²) in [4.78, 5) is 16.1. The average molecular weight is 346 g/mol. The molecule has 24 heavy (non-hydrogen) atoms. The van der Waals surface area contributed by atoms with Crippen LogP contribution in [0.4, 0.5) is 5.69 Å². The van der Waals surface area contributed by atoms with Gasteiger partial charge in [0.05, 0.1) is 26.5 Å². The zero-order chi connectivity index (χ0) is 16.9. The van der Waals surface area contributed by atoms with Gasteiger partial charge in [-0.3, -0.25) is 9.69 Å². The minimum absolute atomic E-state index is 0.0370. The first-order valence-corrected chi connectivity index (χ1v) is 8.88. The van der Waals surface area contributed by atoms with E-state index in [1.165, 1.54) is 4.88 Å². The quantitative estimate of drug-likeness (QED) is 0.869. The number of nitrogens with one attached hydrogen (secondary N) is 1. The van der Waals surface area contributed by atoms with Crippen molar-refractivity contribution in [2.24, 2.45) is 0 Å². The van der Waals surface area contributed by atoms with Crippen LogP contribution in [0.2, 0.25) is 0 Å². The Morgan fingerprint density at radius 3 is 2.92 bits per heavy atom. The van der Waals surface area contributed by atoms with Crippen LogP contribution in [0.25, 0.3) is 0 Å². The summed E-state index contributed by atoms with van der Waals surface area (Å²) < 4.78 is 10.5. The number of anilines is 1. The van der Waals surface area contributed by atoms with Crippen LogP contribution in [0.1, 0.15) is 23.8 Å². The van der Waals surface area contributed by atoms with Gasteiger partial charge in [0, 0.05) is 17.0 Å². The van der Waals surface area contributed by atoms with Crippen molar-refractivity contribution in [3.05, 3.63) is 40.6 Å². The van der Waals surface area contributed by atoms with Crippen LogP contribution in [0.5, 0.6) is 11.5 Å². The molecule has 6 heteroatoms. The molecule has 1 aromatic heterocycles. The van der Waals surface area contributed by atoms with E-state index in [4.69, 9.17) is 9.47 Å². The Labute approximate surface area is 146 Å². The fourth-order valence-corrected chi connectivity index (χ4v) is 4.00. The van der Waals surface area contributed by atoms with Gasteiger partial charge in [-0.2, -0.15) is 0 Å². The van der Waals surface area contributed by atoms with Crippen molar-refractivity contribution in [1.82, 2.24) is 4.90 Å². The highest BCUT2D eigenvalue weighted by Crippen LogP contribution is 2.34. The van der Waals surface area contributed by atoms with Crippen molar-refractivity contribution in [2.45, 2.75) is 18.9 Å². The van der Waals surface area contributed by atoms with Crippen LogP contribution in [0.15, 0.2) is 35.7 Å². The lowest BCUT2D eigenvalue weighted by molar-refractivity contribution is -0.117. The number of carbonyl (C=O) groups excluding carboxylic acids is 1. The number of rotatable bonds is 6. The Morgan fingerprint density at radius 2 is 2.21 bits per heavy atom. The summed E-state index contributed by atoms with van der Waals surface area (Å²) in [7, 11) is 3.19. The number of thiophene rings is 1. The van der Waals surface area contributed by atoms with Gasteiger partial charge in [-0.05, 0) is 43.0 Å². The highest BCUT2D eigenvalue weighted by atomic mass is 32.1. The minimum atomic E-state index is -0.0370. The maximum absolute atomic E-state index is 12.5. The summed E-state index contributed by atoms with van der Waals surface area (Å²) >= 11 is 1.76. The molecule has 0 aliphatic carbocycles. The second-order valence-electron chi connectivity index (χ2n) is 5.76. The Hall–Kier alpha value is -2.05. The molecular weight excluding hydrogens is 324 g/mol. The fraction of sp³-hybridized carbons (Fsp3) is 0.389. The molecule has 2 heterocycles. The van der Waals surface area contributed by atoms with Crippen molar-refractivity contribution in [2.75, 3.05) is 32.6 Å². The van der Waals surface area contributed by atoms with Gasteiger partial charge in [0.2, 0.25) is 5.91 Å². The third-order valence-electron chi connectivity index (χ3n) is 4.26. The molecule has 1 N–H and O–H groups in total. The fourth-order valence-electron chi connectivity index (χ4n) is 3.10. The van der Waals surface area contributed by atoms with Gasteiger partial charge >= 0.3 is 0 Å². The molecule has 128 valence electrons. The third kappa shape index (κ3) is 3.71. The summed E-state index contributed by atoms with van der Waals surface area (Å²) in [5, 5.41) is 5.04. The Morgan fingerprint density at radius 1 is 1.33 bits per heavy atom. The molecule has 5 nitrogen and oxygen atoms in total. The molecule has 1 aromatic carbocycles. The smallest absolute Gasteiger partial charge is 0.238 e. The minimum Gasteiger partial charge on any atom is -0.497 e. The zero-order valence-corrected chi connectivity index (χ0v) is 14.8. The van der Waals surface area contributed by atoms with Gasteiger partial charge in [-0.15, -0.1) is 11.3 Å². The second-order valence-corrected chi connectivity index (χ2v) is 6.74. The standard InChI is InChI=1S/C18H22N2O3S/c1-22-13-7-8-16(23-2)14(11-13)19-18(21)12-20-9-3-5-15(20)17-6-4-10-24-17/h4,6-8,10-11,15H,3,5,9,12H2,1-2H3,(H,19,21). The number of likely N-dealkylation sites (tertiary alicyclic amines) is 1. The van der Waals surface area contributed by atoms with Crippen molar-refractivity contribution in [3.63, 3.8) is 0 Å². The normalized spacial score (nSPS) is 17.7. The Balaban J connectivity index is 1.67. The summed E-state index contributed by atoms with van der Waals surface area (Å²) in [6, 6.07) is 9.94. The summed E-state index contributed by atoms with van der Waals surface area (Å²) in [5.74, 6) is 1.27. The van der Waals surface area contributed by atoms with Gasteiger partial charge in [-0.1, -0.05) is 6.07 Å². The van der Waals surface area contributed by atoms with Crippen LogP contribution >= 0.6 is 11.3 Å². The number of methoxy groups -OCH3 is 2. The molecule has 0 bridgehead atoms. The lowest BCUT2D eigenvalue weighted by Crippen LogP contribution is -2.32. The van der Waals surface area contributed by atoms with E-state index in [1.807, 2.05) is 6.07 Å². The molecule has 0 saturated carbocycles. The van der Waals surface area contributed by atoms with Crippen molar-refractivity contribution in [1.29, 1.82) is 0 Å². The lowest BCUT2D eigenvalue weighted by Gasteiger charge is -2.23. The van der Waals surface area contributed by atoms with E-state index in [9.17, 15) is 4.79 Å². The first kappa shape index (κ1) is 16.8. The van der Waals surface area contributed by atoms with Crippen LogP contribution in [-0.4, -0.2) is 38.1 Å². The number of carbonyl (C=O) groups is 1. The average Bonchev–Trinajstić information content (AvgIpc) is 3.25. The number of ether oxygens (including phenoxy) is 2. The van der Waals surface area contributed by atoms with E-state index < -0.39 is 0 Å². The zero-order valence-electron chi connectivity index (χ0n) is 14.0. The molecular formula is C18H22N2O3S. The van der Waals surface area contributed by atoms with Crippen molar-refractivity contribution < 1.29 is 14.3 Å². The molecule has 2 aromatic rings. The van der Waals surface area contributed by atoms with Gasteiger partial charge in [-0.25, -0.2) is 0 Å². The number of benzene rings is 1. The Kier molecular flexibility index (Phi) is 5.37. The van der Waals surface area contributed by atoms with Crippen molar-refractivity contribution >= 4 is 22.9 Å². The number of hydrogen-bond acceptors (Lipinski definition) is 5. The van der Waals surface area contributed by atoms with Crippen LogP contribution in [0, 0.1) is 0 Å². The molecule has 1 aliphatic rings. The topological polar surface area (TPSA) is 50.8 Å². The van der Waals surface area contributed by atoms with E-state index in [1.54, 1.807) is 37.7 Å². The molecule has 0 spiro atoms. The molecule has 1 atom stereocenters. The monoisotopic (exact) mass is 346 g/mol. The van der Waals surface area contributed by atoms with Crippen LogP contribution in [-0.2, 0) is 4.79 Å². The van der Waals surface area contributed by atoms with Crippen LogP contribution < -0.4 is 14.8 Å². The molecule has 1 amide bonds. The number of amides is 1. The molecule has 1 saturated heterocycles. The van der Waals surface area contributed by atoms with Gasteiger partial charge < -0.3 is 14.8 Å². The molecule has 1 fully saturated rings. The van der Waals surface area contributed by atoms with Gasteiger partial charge in [0.15, 0.2) is 0 Å². The first-order valence-electron chi connectivity index (χ1n) is 8.00. The van der Waals surface area contributed by atoms with E-state index in [0.717, 1.165) is 19.4 Å². The summed E-state index contributed by atoms with van der Waals surface area (Å²) in [5.41, 5.74) is 0.633. The molecule has 1 aliphatic heterocycles. The van der Waals surface area contributed by atoms with E-state index >= 15 is 0 Å². The molecule has 1 unspecified atom stereocenters. The van der Waals surface area contributed by atoms with Crippen molar-refractivity contribution in [3.8, 4) is 11.5 Å². The largest absolute Gasteiger partial charge is 0.497 e. The predicted octanol–water partition coefficient (Wildman–Crippen LogP) is 3.54. The highest BCUT2D eigenvalue weighted by molar-refractivity contribution is 7.10. The van der Waals surface area contributed by atoms with E-state index in [-0.39, 0.29) is 5.91 Å². The van der Waals surface area contributed by atoms with E-state index in [0.29, 0.717) is 29.8 Å². The SMILES string of the molecule is COc1ccc(OC)c(NC(=O)CN2CCCC2c2cccs2)c1. The number of hydrogen-bond donors (Lipinski definition) is 1. The molecule has 3 rings (SSSR count). The first-order chi connectivity index (χ1) is 11.7. The number of nitrogens with zero attached hydrogens (tertiary/aromatic N) is 1. The van der Waals surface area contributed by atoms with E-state index in [2.05, 4.69) is 27.7 Å². The third-order valence-corrected chi connectivity index (χ3v) is 5.24. The maximum atomic E-state index is 12.5.